The Morgan fingerprint density at radius 1 is 0.656 bits per heavy atom. The van der Waals surface area contributed by atoms with E-state index in [0.29, 0.717) is 12.8 Å². The number of amides is 1. The van der Waals surface area contributed by atoms with Crippen LogP contribution in [0.2, 0.25) is 0 Å². The van der Waals surface area contributed by atoms with E-state index in [1.54, 1.807) is 0 Å². The number of carbonyl (C=O) groups is 1. The van der Waals surface area contributed by atoms with E-state index in [2.05, 4.69) is 18.0 Å². The molecule has 0 aliphatic carbocycles. The second kappa shape index (κ2) is 29.4. The minimum absolute atomic E-state index is 0. The number of primary amides is 1. The number of unbranched alkanes of at least 4 members (excludes halogenated alkanes) is 17. The summed E-state index contributed by atoms with van der Waals surface area (Å²) < 4.78 is 34.5. The largest absolute Gasteiger partial charge is 1.00 e. The first-order valence-electron chi connectivity index (χ1n) is 12.7. The smallest absolute Gasteiger partial charge is 0.726 e. The molecule has 0 aliphatic heterocycles. The predicted molar refractivity (Wildman–Crippen MR) is 129 cm³/mol. The van der Waals surface area contributed by atoms with Crippen LogP contribution in [0.15, 0.2) is 0 Å². The molecular weight excluding hydrogens is 437 g/mol. The Labute approximate surface area is 221 Å². The molecular formula is C24H50NNaO5S. The SMILES string of the molecule is CCCCCCCCCCCC(N)=O.CCCCCCCCCCCCOS(=O)(=O)[O-].[Na+]. The zero-order chi connectivity index (χ0) is 23.6. The molecule has 0 saturated carbocycles. The third kappa shape index (κ3) is 40.7. The van der Waals surface area contributed by atoms with Crippen molar-refractivity contribution in [1.29, 1.82) is 0 Å². The van der Waals surface area contributed by atoms with Crippen LogP contribution in [0.25, 0.3) is 0 Å². The molecule has 0 saturated heterocycles. The third-order valence-electron chi connectivity index (χ3n) is 5.25. The van der Waals surface area contributed by atoms with Crippen molar-refractivity contribution in [2.45, 2.75) is 142 Å². The summed E-state index contributed by atoms with van der Waals surface area (Å²) in [6.07, 6.45) is 23.8. The molecule has 0 unspecified atom stereocenters. The topological polar surface area (TPSA) is 110 Å². The molecule has 32 heavy (non-hydrogen) atoms. The molecule has 0 aromatic carbocycles. The summed E-state index contributed by atoms with van der Waals surface area (Å²) in [6, 6.07) is 0. The number of rotatable bonds is 22. The average molecular weight is 488 g/mol. The van der Waals surface area contributed by atoms with Crippen molar-refractivity contribution in [3.8, 4) is 0 Å². The van der Waals surface area contributed by atoms with Crippen LogP contribution >= 0.6 is 0 Å². The fraction of sp³-hybridized carbons (Fsp3) is 0.958. The number of hydrogen-bond acceptors (Lipinski definition) is 5. The van der Waals surface area contributed by atoms with Gasteiger partial charge in [-0.1, -0.05) is 123 Å². The van der Waals surface area contributed by atoms with Gasteiger partial charge in [-0.25, -0.2) is 8.42 Å². The summed E-state index contributed by atoms with van der Waals surface area (Å²) in [5, 5.41) is 0. The van der Waals surface area contributed by atoms with E-state index in [-0.39, 0.29) is 42.1 Å². The number of hydrogen-bond donors (Lipinski definition) is 1. The van der Waals surface area contributed by atoms with Gasteiger partial charge in [0.25, 0.3) is 0 Å². The van der Waals surface area contributed by atoms with Crippen molar-refractivity contribution in [2.24, 2.45) is 5.73 Å². The van der Waals surface area contributed by atoms with E-state index in [0.717, 1.165) is 25.7 Å². The van der Waals surface area contributed by atoms with Crippen molar-refractivity contribution in [2.75, 3.05) is 6.61 Å². The molecule has 0 aliphatic rings. The van der Waals surface area contributed by atoms with Crippen LogP contribution < -0.4 is 35.3 Å². The van der Waals surface area contributed by atoms with Gasteiger partial charge in [0.1, 0.15) is 0 Å². The molecule has 0 heterocycles. The van der Waals surface area contributed by atoms with Gasteiger partial charge in [0.15, 0.2) is 0 Å². The van der Waals surface area contributed by atoms with Crippen molar-refractivity contribution in [3.05, 3.63) is 0 Å². The molecule has 1 amide bonds. The molecule has 6 nitrogen and oxygen atoms in total. The van der Waals surface area contributed by atoms with Gasteiger partial charge in [-0.05, 0) is 12.8 Å². The first kappa shape index (κ1) is 36.9. The Kier molecular flexibility index (Phi) is 33.9. The van der Waals surface area contributed by atoms with E-state index in [9.17, 15) is 17.8 Å². The molecule has 0 atom stereocenters. The van der Waals surface area contributed by atoms with Crippen molar-refractivity contribution in [1.82, 2.24) is 0 Å². The second-order valence-electron chi connectivity index (χ2n) is 8.46. The fourth-order valence-electron chi connectivity index (χ4n) is 3.36. The van der Waals surface area contributed by atoms with Crippen LogP contribution in [0.5, 0.6) is 0 Å². The Bertz CT molecular complexity index is 475. The summed E-state index contributed by atoms with van der Waals surface area (Å²) in [5.74, 6) is -0.159. The minimum atomic E-state index is -4.48. The van der Waals surface area contributed by atoms with Crippen LogP contribution in [-0.2, 0) is 19.4 Å². The summed E-state index contributed by atoms with van der Waals surface area (Å²) >= 11 is 0. The molecule has 8 heteroatoms. The van der Waals surface area contributed by atoms with Crippen molar-refractivity contribution < 1.29 is 51.5 Å². The Hall–Kier alpha value is 0.340. The van der Waals surface area contributed by atoms with Crippen LogP contribution in [0.3, 0.4) is 0 Å². The number of carbonyl (C=O) groups excluding carboxylic acids is 1. The van der Waals surface area contributed by atoms with Crippen LogP contribution in [0.4, 0.5) is 0 Å². The molecule has 0 radical (unpaired) electrons. The molecule has 0 rings (SSSR count). The average Bonchev–Trinajstić information content (AvgIpc) is 2.70. The quantitative estimate of drug-likeness (QED) is 0.108. The normalized spacial score (nSPS) is 10.8. The zero-order valence-electron chi connectivity index (χ0n) is 21.4. The minimum Gasteiger partial charge on any atom is -0.726 e. The summed E-state index contributed by atoms with van der Waals surface area (Å²) in [6.45, 7) is 4.48. The third-order valence-corrected chi connectivity index (χ3v) is 5.71. The summed E-state index contributed by atoms with van der Waals surface area (Å²) in [5.41, 5.74) is 5.05. The van der Waals surface area contributed by atoms with Gasteiger partial charge in [-0.3, -0.25) is 8.98 Å². The molecule has 0 bridgehead atoms. The van der Waals surface area contributed by atoms with Gasteiger partial charge in [0.2, 0.25) is 16.3 Å². The summed E-state index contributed by atoms with van der Waals surface area (Å²) in [7, 11) is -4.48. The first-order chi connectivity index (χ1) is 14.8. The standard InChI is InChI=1S/C12H25NO.C12H26O4S.Na/c1-2-3-4-5-6-7-8-9-10-11-12(13)14;1-2-3-4-5-6-7-8-9-10-11-12-16-17(13,14)15;/h2-11H2,1H3,(H2,13,14);2-12H2,1H3,(H,13,14,15);/q;;+1/p-1. The molecule has 188 valence electrons. The maximum Gasteiger partial charge on any atom is 1.00 e. The molecule has 2 N–H and O–H groups in total. The Morgan fingerprint density at radius 3 is 1.28 bits per heavy atom. The monoisotopic (exact) mass is 487 g/mol. The van der Waals surface area contributed by atoms with E-state index in [1.807, 2.05) is 0 Å². The number of nitrogens with two attached hydrogens (primary N) is 1. The molecule has 0 spiro atoms. The van der Waals surface area contributed by atoms with E-state index in [1.165, 1.54) is 89.9 Å². The predicted octanol–water partition coefficient (Wildman–Crippen LogP) is 3.78. The Balaban J connectivity index is -0.000000519. The van der Waals surface area contributed by atoms with Gasteiger partial charge < -0.3 is 10.3 Å². The van der Waals surface area contributed by atoms with Crippen molar-refractivity contribution in [3.63, 3.8) is 0 Å². The molecule has 0 aromatic heterocycles. The first-order valence-corrected chi connectivity index (χ1v) is 14.0. The van der Waals surface area contributed by atoms with Crippen LogP contribution in [-0.4, -0.2) is 25.5 Å². The maximum absolute atomic E-state index is 10.4. The van der Waals surface area contributed by atoms with Crippen LogP contribution in [0.1, 0.15) is 142 Å². The fourth-order valence-corrected chi connectivity index (χ4v) is 3.68. The van der Waals surface area contributed by atoms with Gasteiger partial charge in [-0.15, -0.1) is 0 Å². The van der Waals surface area contributed by atoms with E-state index in [4.69, 9.17) is 5.73 Å². The summed E-state index contributed by atoms with van der Waals surface area (Å²) in [4.78, 5) is 10.4. The Morgan fingerprint density at radius 2 is 0.969 bits per heavy atom. The molecule has 0 fully saturated rings. The molecule has 0 aromatic rings. The van der Waals surface area contributed by atoms with Crippen LogP contribution in [0, 0.1) is 0 Å². The van der Waals surface area contributed by atoms with Crippen molar-refractivity contribution >= 4 is 16.3 Å². The van der Waals surface area contributed by atoms with Gasteiger partial charge >= 0.3 is 29.6 Å². The second-order valence-corrected chi connectivity index (χ2v) is 9.51. The van der Waals surface area contributed by atoms with E-state index < -0.39 is 10.4 Å². The van der Waals surface area contributed by atoms with E-state index >= 15 is 0 Å². The van der Waals surface area contributed by atoms with Gasteiger partial charge in [-0.2, -0.15) is 0 Å². The maximum atomic E-state index is 10.4. The zero-order valence-corrected chi connectivity index (χ0v) is 24.2. The van der Waals surface area contributed by atoms with Gasteiger partial charge in [0.05, 0.1) is 6.61 Å². The van der Waals surface area contributed by atoms with Gasteiger partial charge in [0, 0.05) is 6.42 Å².